The Morgan fingerprint density at radius 2 is 2.06 bits per heavy atom. The standard InChI is InChI=1S/C15H23NS/c1-5-16-14(10-12(2)3)11-17-15-9-7-6-8-13(15)4/h6-10,14,16H,5,11H2,1-4H3. The molecule has 0 saturated carbocycles. The zero-order chi connectivity index (χ0) is 12.7. The van der Waals surface area contributed by atoms with Gasteiger partial charge in [0.25, 0.3) is 0 Å². The van der Waals surface area contributed by atoms with E-state index in [1.807, 2.05) is 11.8 Å². The fourth-order valence-electron chi connectivity index (χ4n) is 1.73. The van der Waals surface area contributed by atoms with E-state index in [4.69, 9.17) is 0 Å². The number of benzene rings is 1. The first-order chi connectivity index (χ1) is 8.13. The van der Waals surface area contributed by atoms with Gasteiger partial charge in [-0.25, -0.2) is 0 Å². The molecule has 0 bridgehead atoms. The van der Waals surface area contributed by atoms with E-state index in [1.165, 1.54) is 16.0 Å². The molecule has 2 heteroatoms. The average molecular weight is 249 g/mol. The second-order valence-corrected chi connectivity index (χ2v) is 5.55. The van der Waals surface area contributed by atoms with E-state index < -0.39 is 0 Å². The van der Waals surface area contributed by atoms with Crippen LogP contribution in [0.15, 0.2) is 40.8 Å². The molecule has 0 heterocycles. The van der Waals surface area contributed by atoms with Crippen LogP contribution in [0.4, 0.5) is 0 Å². The molecule has 94 valence electrons. The third-order valence-corrected chi connectivity index (χ3v) is 3.81. The van der Waals surface area contributed by atoms with Crippen molar-refractivity contribution >= 4 is 11.8 Å². The summed E-state index contributed by atoms with van der Waals surface area (Å²) in [5.41, 5.74) is 2.74. The van der Waals surface area contributed by atoms with Gasteiger partial charge in [0.05, 0.1) is 0 Å². The highest BCUT2D eigenvalue weighted by atomic mass is 32.2. The Morgan fingerprint density at radius 3 is 2.65 bits per heavy atom. The maximum Gasteiger partial charge on any atom is 0.0346 e. The molecule has 0 spiro atoms. The summed E-state index contributed by atoms with van der Waals surface area (Å²) in [7, 11) is 0. The largest absolute Gasteiger partial charge is 0.310 e. The van der Waals surface area contributed by atoms with Crippen molar-refractivity contribution in [3.63, 3.8) is 0 Å². The third-order valence-electron chi connectivity index (χ3n) is 2.51. The van der Waals surface area contributed by atoms with Crippen LogP contribution in [0.2, 0.25) is 0 Å². The molecular formula is C15H23NS. The van der Waals surface area contributed by atoms with Crippen LogP contribution < -0.4 is 5.32 Å². The molecule has 0 aliphatic carbocycles. The number of rotatable bonds is 6. The van der Waals surface area contributed by atoms with Gasteiger partial charge in [0, 0.05) is 16.7 Å². The smallest absolute Gasteiger partial charge is 0.0346 e. The third kappa shape index (κ3) is 5.42. The maximum atomic E-state index is 3.51. The normalized spacial score (nSPS) is 12.2. The van der Waals surface area contributed by atoms with Crippen molar-refractivity contribution in [2.75, 3.05) is 12.3 Å². The predicted octanol–water partition coefficient (Wildman–Crippen LogP) is 4.03. The van der Waals surface area contributed by atoms with Crippen molar-refractivity contribution in [2.24, 2.45) is 0 Å². The molecule has 1 unspecified atom stereocenters. The van der Waals surface area contributed by atoms with E-state index >= 15 is 0 Å². The number of allylic oxidation sites excluding steroid dienone is 1. The summed E-state index contributed by atoms with van der Waals surface area (Å²) in [6.07, 6.45) is 2.31. The van der Waals surface area contributed by atoms with Crippen LogP contribution in [0.3, 0.4) is 0 Å². The first-order valence-electron chi connectivity index (χ1n) is 6.20. The van der Waals surface area contributed by atoms with Gasteiger partial charge in [0.1, 0.15) is 0 Å². The molecule has 0 amide bonds. The van der Waals surface area contributed by atoms with Gasteiger partial charge in [-0.1, -0.05) is 36.8 Å². The van der Waals surface area contributed by atoms with Crippen molar-refractivity contribution < 1.29 is 0 Å². The van der Waals surface area contributed by atoms with Crippen LogP contribution in [0.5, 0.6) is 0 Å². The fourth-order valence-corrected chi connectivity index (χ4v) is 2.77. The summed E-state index contributed by atoms with van der Waals surface area (Å²) in [4.78, 5) is 1.39. The molecular weight excluding hydrogens is 226 g/mol. The van der Waals surface area contributed by atoms with Crippen LogP contribution in [-0.2, 0) is 0 Å². The predicted molar refractivity (Wildman–Crippen MR) is 78.8 cm³/mol. The number of hydrogen-bond acceptors (Lipinski definition) is 2. The van der Waals surface area contributed by atoms with Crippen molar-refractivity contribution in [1.29, 1.82) is 0 Å². The Labute approximate surface area is 110 Å². The molecule has 0 fully saturated rings. The second kappa shape index (κ2) is 7.57. The van der Waals surface area contributed by atoms with Crippen LogP contribution in [-0.4, -0.2) is 18.3 Å². The quantitative estimate of drug-likeness (QED) is 0.603. The molecule has 0 aromatic heterocycles. The zero-order valence-corrected chi connectivity index (χ0v) is 12.1. The number of likely N-dealkylation sites (N-methyl/N-ethyl adjacent to an activating group) is 1. The topological polar surface area (TPSA) is 12.0 Å². The van der Waals surface area contributed by atoms with Gasteiger partial charge in [-0.15, -0.1) is 11.8 Å². The van der Waals surface area contributed by atoms with Gasteiger partial charge >= 0.3 is 0 Å². The van der Waals surface area contributed by atoms with Crippen LogP contribution in [0.25, 0.3) is 0 Å². The highest BCUT2D eigenvalue weighted by molar-refractivity contribution is 7.99. The van der Waals surface area contributed by atoms with E-state index in [1.54, 1.807) is 0 Å². The zero-order valence-electron chi connectivity index (χ0n) is 11.3. The lowest BCUT2D eigenvalue weighted by atomic mass is 10.2. The lowest BCUT2D eigenvalue weighted by molar-refractivity contribution is 0.665. The lowest BCUT2D eigenvalue weighted by Crippen LogP contribution is -2.29. The minimum atomic E-state index is 0.467. The van der Waals surface area contributed by atoms with Crippen molar-refractivity contribution in [3.8, 4) is 0 Å². The Morgan fingerprint density at radius 1 is 1.35 bits per heavy atom. The number of nitrogens with one attached hydrogen (secondary N) is 1. The molecule has 1 aromatic rings. The van der Waals surface area contributed by atoms with Gasteiger partial charge in [0.2, 0.25) is 0 Å². The van der Waals surface area contributed by atoms with Crippen molar-refractivity contribution in [1.82, 2.24) is 5.32 Å². The van der Waals surface area contributed by atoms with Crippen LogP contribution >= 0.6 is 11.8 Å². The highest BCUT2D eigenvalue weighted by Gasteiger charge is 2.05. The number of hydrogen-bond donors (Lipinski definition) is 1. The first kappa shape index (κ1) is 14.3. The van der Waals surface area contributed by atoms with E-state index in [2.05, 4.69) is 63.4 Å². The fraction of sp³-hybridized carbons (Fsp3) is 0.467. The highest BCUT2D eigenvalue weighted by Crippen LogP contribution is 2.22. The first-order valence-corrected chi connectivity index (χ1v) is 7.19. The average Bonchev–Trinajstić information content (AvgIpc) is 2.27. The molecule has 17 heavy (non-hydrogen) atoms. The minimum absolute atomic E-state index is 0.467. The molecule has 1 N–H and O–H groups in total. The Hall–Kier alpha value is -0.730. The Kier molecular flexibility index (Phi) is 6.38. The lowest BCUT2D eigenvalue weighted by Gasteiger charge is -2.15. The molecule has 1 atom stereocenters. The SMILES string of the molecule is CCNC(C=C(C)C)CSc1ccccc1C. The van der Waals surface area contributed by atoms with Gasteiger partial charge in [-0.3, -0.25) is 0 Å². The molecule has 1 aromatic carbocycles. The van der Waals surface area contributed by atoms with Gasteiger partial charge in [0.15, 0.2) is 0 Å². The minimum Gasteiger partial charge on any atom is -0.310 e. The molecule has 0 aliphatic heterocycles. The summed E-state index contributed by atoms with van der Waals surface area (Å²) in [5.74, 6) is 1.09. The number of thioether (sulfide) groups is 1. The summed E-state index contributed by atoms with van der Waals surface area (Å²) < 4.78 is 0. The molecule has 0 saturated heterocycles. The van der Waals surface area contributed by atoms with Crippen LogP contribution in [0, 0.1) is 6.92 Å². The summed E-state index contributed by atoms with van der Waals surface area (Å²) in [6, 6.07) is 9.04. The molecule has 0 aliphatic rings. The van der Waals surface area contributed by atoms with E-state index in [0.29, 0.717) is 6.04 Å². The van der Waals surface area contributed by atoms with Crippen molar-refractivity contribution in [3.05, 3.63) is 41.5 Å². The molecule has 1 nitrogen and oxygen atoms in total. The summed E-state index contributed by atoms with van der Waals surface area (Å²) in [6.45, 7) is 9.66. The van der Waals surface area contributed by atoms with Crippen molar-refractivity contribution in [2.45, 2.75) is 38.6 Å². The Bertz CT molecular complexity index is 367. The number of aryl methyl sites for hydroxylation is 1. The molecule has 1 rings (SSSR count). The molecule has 0 radical (unpaired) electrons. The monoisotopic (exact) mass is 249 g/mol. The summed E-state index contributed by atoms with van der Waals surface area (Å²) >= 11 is 1.93. The second-order valence-electron chi connectivity index (χ2n) is 4.48. The van der Waals surface area contributed by atoms with Gasteiger partial charge in [-0.2, -0.15) is 0 Å². The van der Waals surface area contributed by atoms with Gasteiger partial charge in [-0.05, 0) is 38.9 Å². The maximum absolute atomic E-state index is 3.51. The van der Waals surface area contributed by atoms with E-state index in [-0.39, 0.29) is 0 Å². The van der Waals surface area contributed by atoms with E-state index in [0.717, 1.165) is 12.3 Å². The van der Waals surface area contributed by atoms with Crippen LogP contribution in [0.1, 0.15) is 26.3 Å². The van der Waals surface area contributed by atoms with Gasteiger partial charge < -0.3 is 5.32 Å². The Balaban J connectivity index is 2.58. The van der Waals surface area contributed by atoms with E-state index in [9.17, 15) is 0 Å². The summed E-state index contributed by atoms with van der Waals surface area (Å²) in [5, 5.41) is 3.51.